The van der Waals surface area contributed by atoms with Crippen LogP contribution in [0.2, 0.25) is 0 Å². The fraction of sp³-hybridized carbons (Fsp3) is 0.256. The summed E-state index contributed by atoms with van der Waals surface area (Å²) in [4.78, 5) is 57.3. The number of carbonyl (C=O) groups excluding carboxylic acids is 4. The van der Waals surface area contributed by atoms with Crippen LogP contribution in [0.5, 0.6) is 5.75 Å². The number of aromatic amines is 1. The number of aromatic nitrogens is 1. The third-order valence-electron chi connectivity index (χ3n) is 8.48. The van der Waals surface area contributed by atoms with Gasteiger partial charge in [-0.05, 0) is 61.2 Å². The minimum atomic E-state index is -1.23. The molecule has 5 aromatic rings. The summed E-state index contributed by atoms with van der Waals surface area (Å²) < 4.78 is 11.3. The molecule has 0 aliphatic carbocycles. The number of hydrogen-bond donors (Lipinski definition) is 5. The molecular weight excluding hydrogens is 683 g/mol. The molecule has 280 valence electrons. The Kier molecular flexibility index (Phi) is 13.3. The average molecular weight is 730 g/mol. The summed E-state index contributed by atoms with van der Waals surface area (Å²) >= 11 is 0. The van der Waals surface area contributed by atoms with E-state index in [1.807, 2.05) is 91.1 Å². The van der Waals surface area contributed by atoms with Crippen LogP contribution in [-0.2, 0) is 45.1 Å². The summed E-state index contributed by atoms with van der Waals surface area (Å²) in [7, 11) is 0. The molecule has 0 saturated heterocycles. The fourth-order valence-corrected chi connectivity index (χ4v) is 5.74. The van der Waals surface area contributed by atoms with Gasteiger partial charge in [0.15, 0.2) is 0 Å². The van der Waals surface area contributed by atoms with E-state index in [2.05, 4.69) is 32.8 Å². The van der Waals surface area contributed by atoms with Crippen LogP contribution in [0.3, 0.4) is 0 Å². The first-order valence-electron chi connectivity index (χ1n) is 17.8. The third kappa shape index (κ3) is 11.6. The van der Waals surface area contributed by atoms with Crippen molar-refractivity contribution in [3.8, 4) is 5.75 Å². The number of benzene rings is 4. The van der Waals surface area contributed by atoms with Crippen LogP contribution in [0.25, 0.3) is 10.9 Å². The van der Waals surface area contributed by atoms with Crippen LogP contribution in [0, 0.1) is 0 Å². The standard InChI is InChI=1S/C43H47N5O6/c1-5-35(40(50)47-38(39(49)45-26-30-14-8-6-9-15-30)25-32-27-44-36-19-13-12-18-34(32)36)46-41(51)37(48-42(52)54-43(2,3)4)24-29-20-22-33(23-21-29)53-28-31-16-10-7-11-17-31/h5-23,27,35,37-38,44H,1,24-26,28H2,2-4H3,(H,45,49)(H,46,51)(H,47,50)(H,48,52)/t35-,37-,38-/m0/s1. The summed E-state index contributed by atoms with van der Waals surface area (Å²) in [6.45, 7) is 9.59. The van der Waals surface area contributed by atoms with E-state index in [9.17, 15) is 19.2 Å². The summed E-state index contributed by atoms with van der Waals surface area (Å²) in [5, 5.41) is 12.0. The van der Waals surface area contributed by atoms with Crippen LogP contribution in [0.4, 0.5) is 4.79 Å². The van der Waals surface area contributed by atoms with Crippen molar-refractivity contribution >= 4 is 34.7 Å². The molecule has 0 unspecified atom stereocenters. The van der Waals surface area contributed by atoms with Crippen LogP contribution in [0.1, 0.15) is 43.0 Å². The van der Waals surface area contributed by atoms with E-state index in [1.165, 1.54) is 6.08 Å². The molecule has 5 rings (SSSR count). The molecule has 3 atom stereocenters. The number of amides is 4. The van der Waals surface area contributed by atoms with Crippen molar-refractivity contribution in [2.24, 2.45) is 0 Å². The number of nitrogens with one attached hydrogen (secondary N) is 5. The number of hydrogen-bond acceptors (Lipinski definition) is 6. The maximum atomic E-state index is 13.8. The molecule has 11 nitrogen and oxygen atoms in total. The van der Waals surface area contributed by atoms with Crippen molar-refractivity contribution in [1.29, 1.82) is 0 Å². The molecule has 0 aliphatic rings. The highest BCUT2D eigenvalue weighted by atomic mass is 16.6. The lowest BCUT2D eigenvalue weighted by Crippen LogP contribution is -2.57. The molecule has 0 bridgehead atoms. The Balaban J connectivity index is 1.29. The Labute approximate surface area is 315 Å². The quantitative estimate of drug-likeness (QED) is 0.0799. The SMILES string of the molecule is C=C[C@H](NC(=O)[C@H](Cc1ccc(OCc2ccccc2)cc1)NC(=O)OC(C)(C)C)C(=O)N[C@@H](Cc1c[nH]c2ccccc12)C(=O)NCc1ccccc1. The molecular formula is C43H47N5O6. The second kappa shape index (κ2) is 18.4. The minimum Gasteiger partial charge on any atom is -0.489 e. The molecule has 1 aromatic heterocycles. The third-order valence-corrected chi connectivity index (χ3v) is 8.48. The molecule has 4 aromatic carbocycles. The molecule has 0 radical (unpaired) electrons. The Bertz CT molecular complexity index is 2020. The summed E-state index contributed by atoms with van der Waals surface area (Å²) in [6.07, 6.45) is 2.57. The Morgan fingerprint density at radius 2 is 1.33 bits per heavy atom. The van der Waals surface area contributed by atoms with E-state index in [4.69, 9.17) is 9.47 Å². The monoisotopic (exact) mass is 729 g/mol. The zero-order valence-corrected chi connectivity index (χ0v) is 30.8. The smallest absolute Gasteiger partial charge is 0.408 e. The van der Waals surface area contributed by atoms with Crippen molar-refractivity contribution in [2.75, 3.05) is 0 Å². The lowest BCUT2D eigenvalue weighted by molar-refractivity contribution is -0.131. The van der Waals surface area contributed by atoms with Crippen molar-refractivity contribution < 1.29 is 28.7 Å². The van der Waals surface area contributed by atoms with Crippen molar-refractivity contribution in [1.82, 2.24) is 26.3 Å². The van der Waals surface area contributed by atoms with Crippen molar-refractivity contribution in [3.63, 3.8) is 0 Å². The molecule has 0 spiro atoms. The highest BCUT2D eigenvalue weighted by molar-refractivity contribution is 5.95. The largest absolute Gasteiger partial charge is 0.489 e. The van der Waals surface area contributed by atoms with Crippen molar-refractivity contribution in [3.05, 3.63) is 150 Å². The minimum absolute atomic E-state index is 0.0839. The molecule has 1 heterocycles. The van der Waals surface area contributed by atoms with Gasteiger partial charge in [-0.2, -0.15) is 0 Å². The van der Waals surface area contributed by atoms with Crippen LogP contribution < -0.4 is 26.0 Å². The molecule has 11 heteroatoms. The Morgan fingerprint density at radius 3 is 2.00 bits per heavy atom. The number of H-pyrrole nitrogens is 1. The van der Waals surface area contributed by atoms with Gasteiger partial charge in [0.05, 0.1) is 0 Å². The topological polar surface area (TPSA) is 151 Å². The van der Waals surface area contributed by atoms with Crippen LogP contribution in [-0.4, -0.2) is 52.5 Å². The van der Waals surface area contributed by atoms with Gasteiger partial charge in [0.2, 0.25) is 17.7 Å². The number of carbonyl (C=O) groups is 4. The lowest BCUT2D eigenvalue weighted by atomic mass is 10.0. The first-order chi connectivity index (χ1) is 26.0. The second-order valence-corrected chi connectivity index (χ2v) is 13.9. The number of para-hydroxylation sites is 1. The van der Waals surface area contributed by atoms with Gasteiger partial charge in [0, 0.05) is 36.5 Å². The predicted octanol–water partition coefficient (Wildman–Crippen LogP) is 5.90. The summed E-state index contributed by atoms with van der Waals surface area (Å²) in [5.74, 6) is -1.05. The van der Waals surface area contributed by atoms with E-state index in [1.54, 1.807) is 45.0 Å². The number of rotatable bonds is 16. The van der Waals surface area contributed by atoms with Crippen LogP contribution >= 0.6 is 0 Å². The summed E-state index contributed by atoms with van der Waals surface area (Å²) in [6, 6.07) is 30.7. The average Bonchev–Trinajstić information content (AvgIpc) is 3.57. The number of ether oxygens (including phenoxy) is 2. The molecule has 54 heavy (non-hydrogen) atoms. The van der Waals surface area contributed by atoms with Gasteiger partial charge in [-0.25, -0.2) is 4.79 Å². The van der Waals surface area contributed by atoms with Gasteiger partial charge >= 0.3 is 6.09 Å². The van der Waals surface area contributed by atoms with Gasteiger partial charge in [0.25, 0.3) is 0 Å². The summed E-state index contributed by atoms with van der Waals surface area (Å²) in [5.41, 5.74) is 3.58. The molecule has 4 amide bonds. The molecule has 0 fully saturated rings. The first-order valence-corrected chi connectivity index (χ1v) is 17.8. The fourth-order valence-electron chi connectivity index (χ4n) is 5.74. The maximum absolute atomic E-state index is 13.8. The van der Waals surface area contributed by atoms with Gasteiger partial charge in [-0.3, -0.25) is 14.4 Å². The van der Waals surface area contributed by atoms with Gasteiger partial charge in [-0.1, -0.05) is 97.1 Å². The first kappa shape index (κ1) is 38.9. The maximum Gasteiger partial charge on any atom is 0.408 e. The predicted molar refractivity (Wildman–Crippen MR) is 208 cm³/mol. The van der Waals surface area contributed by atoms with E-state index >= 15 is 0 Å². The van der Waals surface area contributed by atoms with E-state index < -0.39 is 47.5 Å². The molecule has 0 aliphatic heterocycles. The highest BCUT2D eigenvalue weighted by Crippen LogP contribution is 2.20. The zero-order chi connectivity index (χ0) is 38.5. The van der Waals surface area contributed by atoms with E-state index in [0.717, 1.165) is 33.2 Å². The molecule has 5 N–H and O–H groups in total. The lowest BCUT2D eigenvalue weighted by Gasteiger charge is -2.25. The second-order valence-electron chi connectivity index (χ2n) is 13.9. The van der Waals surface area contributed by atoms with Gasteiger partial charge in [-0.15, -0.1) is 6.58 Å². The number of alkyl carbamates (subject to hydrolysis) is 1. The zero-order valence-electron chi connectivity index (χ0n) is 30.8. The van der Waals surface area contributed by atoms with E-state index in [-0.39, 0.29) is 19.4 Å². The molecule has 0 saturated carbocycles. The van der Waals surface area contributed by atoms with E-state index in [0.29, 0.717) is 12.4 Å². The number of fused-ring (bicyclic) bond motifs is 1. The van der Waals surface area contributed by atoms with Gasteiger partial charge < -0.3 is 35.7 Å². The highest BCUT2D eigenvalue weighted by Gasteiger charge is 2.30. The Hall–Kier alpha value is -6.36. The Morgan fingerprint density at radius 1 is 0.704 bits per heavy atom. The van der Waals surface area contributed by atoms with Gasteiger partial charge in [0.1, 0.15) is 36.1 Å². The normalized spacial score (nSPS) is 12.8. The van der Waals surface area contributed by atoms with Crippen molar-refractivity contribution in [2.45, 2.75) is 70.5 Å². The van der Waals surface area contributed by atoms with Crippen LogP contribution in [0.15, 0.2) is 128 Å².